The number of amides is 1. The first-order valence-corrected chi connectivity index (χ1v) is 7.60. The average molecular weight is 363 g/mol. The number of nitrogens with zero attached hydrogens (tertiary/aromatic N) is 1. The molecule has 1 fully saturated rings. The van der Waals surface area contributed by atoms with Gasteiger partial charge in [-0.3, -0.25) is 4.79 Å². The van der Waals surface area contributed by atoms with E-state index in [2.05, 4.69) is 5.32 Å². The van der Waals surface area contributed by atoms with Crippen molar-refractivity contribution in [3.05, 3.63) is 41.5 Å². The van der Waals surface area contributed by atoms with Gasteiger partial charge in [-0.1, -0.05) is 12.1 Å². The molecule has 1 aromatic rings. The van der Waals surface area contributed by atoms with Crippen LogP contribution < -0.4 is 5.32 Å². The van der Waals surface area contributed by atoms with Crippen molar-refractivity contribution in [2.75, 3.05) is 26.7 Å². The Bertz CT molecular complexity index is 584. The van der Waals surface area contributed by atoms with Crippen molar-refractivity contribution in [2.45, 2.75) is 19.5 Å². The summed E-state index contributed by atoms with van der Waals surface area (Å²) in [6, 6.07) is 4.87. The van der Waals surface area contributed by atoms with E-state index in [1.54, 1.807) is 11.8 Å². The Kier molecular flexibility index (Phi) is 7.29. The minimum absolute atomic E-state index is 0. The van der Waals surface area contributed by atoms with E-state index >= 15 is 0 Å². The number of rotatable bonds is 4. The molecule has 3 nitrogen and oxygen atoms in total. The molecular formula is C17H22ClF3N2O. The molecule has 7 heteroatoms. The Morgan fingerprint density at radius 2 is 1.96 bits per heavy atom. The smallest absolute Gasteiger partial charge is 0.339 e. The van der Waals surface area contributed by atoms with E-state index < -0.39 is 11.7 Å². The summed E-state index contributed by atoms with van der Waals surface area (Å²) in [7, 11) is 1.89. The summed E-state index contributed by atoms with van der Waals surface area (Å²) in [6.45, 7) is 4.06. The topological polar surface area (TPSA) is 32.3 Å². The summed E-state index contributed by atoms with van der Waals surface area (Å²) in [5, 5.41) is 3.11. The van der Waals surface area contributed by atoms with Crippen LogP contribution >= 0.6 is 12.4 Å². The van der Waals surface area contributed by atoms with Gasteiger partial charge in [0.15, 0.2) is 0 Å². The first-order chi connectivity index (χ1) is 10.8. The van der Waals surface area contributed by atoms with Gasteiger partial charge in [-0.15, -0.1) is 12.4 Å². The van der Waals surface area contributed by atoms with Gasteiger partial charge in [-0.25, -0.2) is 0 Å². The second-order valence-corrected chi connectivity index (χ2v) is 5.90. The molecule has 0 saturated carbocycles. The van der Waals surface area contributed by atoms with Crippen LogP contribution in [0.25, 0.3) is 5.57 Å². The van der Waals surface area contributed by atoms with E-state index in [0.29, 0.717) is 17.1 Å². The molecule has 0 bridgehead atoms. The largest absolute Gasteiger partial charge is 0.416 e. The van der Waals surface area contributed by atoms with Crippen LogP contribution in [0.3, 0.4) is 0 Å². The molecule has 1 amide bonds. The predicted molar refractivity (Wildman–Crippen MR) is 91.0 cm³/mol. The fourth-order valence-electron chi connectivity index (χ4n) is 2.77. The standard InChI is InChI=1S/C17H21F3N2O.ClH/c1-12(14-3-5-15(6-4-14)17(18,19)20)9-16(23)22-8-7-13(11-22)10-21-2;/h3-6,9,13,21H,7-8,10-11H2,1-2H3;1H. The second kappa shape index (κ2) is 8.53. The van der Waals surface area contributed by atoms with Crippen LogP contribution in [-0.4, -0.2) is 37.5 Å². The van der Waals surface area contributed by atoms with Gasteiger partial charge in [0.2, 0.25) is 5.91 Å². The van der Waals surface area contributed by atoms with Gasteiger partial charge in [-0.05, 0) is 56.1 Å². The summed E-state index contributed by atoms with van der Waals surface area (Å²) in [5.41, 5.74) is 0.605. The number of benzene rings is 1. The monoisotopic (exact) mass is 362 g/mol. The molecular weight excluding hydrogens is 341 g/mol. The first kappa shape index (κ1) is 20.5. The zero-order valence-electron chi connectivity index (χ0n) is 13.7. The van der Waals surface area contributed by atoms with Crippen molar-refractivity contribution >= 4 is 23.9 Å². The van der Waals surface area contributed by atoms with Crippen molar-refractivity contribution in [3.8, 4) is 0 Å². The van der Waals surface area contributed by atoms with E-state index in [-0.39, 0.29) is 18.3 Å². The molecule has 0 aliphatic carbocycles. The lowest BCUT2D eigenvalue weighted by molar-refractivity contribution is -0.137. The molecule has 134 valence electrons. The van der Waals surface area contributed by atoms with Crippen molar-refractivity contribution in [2.24, 2.45) is 5.92 Å². The third-order valence-electron chi connectivity index (χ3n) is 4.10. The number of carbonyl (C=O) groups is 1. The highest BCUT2D eigenvalue weighted by atomic mass is 35.5. The number of hydrogen-bond acceptors (Lipinski definition) is 2. The highest BCUT2D eigenvalue weighted by molar-refractivity contribution is 5.95. The first-order valence-electron chi connectivity index (χ1n) is 7.60. The summed E-state index contributed by atoms with van der Waals surface area (Å²) in [5.74, 6) is 0.379. The Balaban J connectivity index is 0.00000288. The molecule has 1 heterocycles. The van der Waals surface area contributed by atoms with Gasteiger partial charge in [0.25, 0.3) is 0 Å². The van der Waals surface area contributed by atoms with E-state index in [1.165, 1.54) is 18.2 Å². The summed E-state index contributed by atoms with van der Waals surface area (Å²) < 4.78 is 37.7. The number of alkyl halides is 3. The summed E-state index contributed by atoms with van der Waals surface area (Å²) in [4.78, 5) is 14.0. The van der Waals surface area contributed by atoms with Crippen molar-refractivity contribution in [1.29, 1.82) is 0 Å². The zero-order chi connectivity index (χ0) is 17.0. The average Bonchev–Trinajstić information content (AvgIpc) is 2.95. The molecule has 1 saturated heterocycles. The lowest BCUT2D eigenvalue weighted by Gasteiger charge is -2.15. The normalized spacial score (nSPS) is 18.5. The van der Waals surface area contributed by atoms with E-state index in [9.17, 15) is 18.0 Å². The number of likely N-dealkylation sites (tertiary alicyclic amines) is 1. The van der Waals surface area contributed by atoms with Gasteiger partial charge in [0, 0.05) is 19.2 Å². The minimum atomic E-state index is -4.34. The van der Waals surface area contributed by atoms with E-state index in [0.717, 1.165) is 38.2 Å². The van der Waals surface area contributed by atoms with Crippen LogP contribution in [0.4, 0.5) is 13.2 Å². The second-order valence-electron chi connectivity index (χ2n) is 5.90. The molecule has 0 aromatic heterocycles. The van der Waals surface area contributed by atoms with Gasteiger partial charge < -0.3 is 10.2 Å². The maximum absolute atomic E-state index is 12.6. The SMILES string of the molecule is CNCC1CCN(C(=O)C=C(C)c2ccc(C(F)(F)F)cc2)C1.Cl. The molecule has 2 rings (SSSR count). The van der Waals surface area contributed by atoms with Crippen LogP contribution in [-0.2, 0) is 11.0 Å². The number of halogens is 4. The highest BCUT2D eigenvalue weighted by Crippen LogP contribution is 2.30. The van der Waals surface area contributed by atoms with Gasteiger partial charge in [0.1, 0.15) is 0 Å². The van der Waals surface area contributed by atoms with E-state index in [4.69, 9.17) is 0 Å². The molecule has 0 spiro atoms. The lowest BCUT2D eigenvalue weighted by Crippen LogP contribution is -2.29. The fourth-order valence-corrected chi connectivity index (χ4v) is 2.77. The quantitative estimate of drug-likeness (QED) is 0.830. The summed E-state index contributed by atoms with van der Waals surface area (Å²) in [6.07, 6.45) is -1.87. The van der Waals surface area contributed by atoms with Crippen LogP contribution in [0.1, 0.15) is 24.5 Å². The Morgan fingerprint density at radius 3 is 2.50 bits per heavy atom. The van der Waals surface area contributed by atoms with Gasteiger partial charge >= 0.3 is 6.18 Å². The van der Waals surface area contributed by atoms with Crippen molar-refractivity contribution < 1.29 is 18.0 Å². The van der Waals surface area contributed by atoms with E-state index in [1.807, 2.05) is 7.05 Å². The van der Waals surface area contributed by atoms with Gasteiger partial charge in [0.05, 0.1) is 5.56 Å². The van der Waals surface area contributed by atoms with Crippen molar-refractivity contribution in [3.63, 3.8) is 0 Å². The Morgan fingerprint density at radius 1 is 1.33 bits per heavy atom. The number of allylic oxidation sites excluding steroid dienone is 1. The molecule has 1 aliphatic rings. The molecule has 1 atom stereocenters. The zero-order valence-corrected chi connectivity index (χ0v) is 14.5. The third kappa shape index (κ3) is 5.24. The maximum Gasteiger partial charge on any atom is 0.416 e. The van der Waals surface area contributed by atoms with Crippen LogP contribution in [0.2, 0.25) is 0 Å². The number of carbonyl (C=O) groups excluding carboxylic acids is 1. The highest BCUT2D eigenvalue weighted by Gasteiger charge is 2.30. The maximum atomic E-state index is 12.6. The number of hydrogen-bond donors (Lipinski definition) is 1. The fraction of sp³-hybridized carbons (Fsp3) is 0.471. The van der Waals surface area contributed by atoms with Gasteiger partial charge in [-0.2, -0.15) is 13.2 Å². The number of nitrogens with one attached hydrogen (secondary N) is 1. The molecule has 1 aliphatic heterocycles. The molecule has 1 unspecified atom stereocenters. The Hall–Kier alpha value is -1.53. The predicted octanol–water partition coefficient (Wildman–Crippen LogP) is 3.60. The van der Waals surface area contributed by atoms with Crippen LogP contribution in [0, 0.1) is 5.92 Å². The summed E-state index contributed by atoms with van der Waals surface area (Å²) >= 11 is 0. The minimum Gasteiger partial charge on any atom is -0.339 e. The third-order valence-corrected chi connectivity index (χ3v) is 4.10. The van der Waals surface area contributed by atoms with Crippen molar-refractivity contribution in [1.82, 2.24) is 10.2 Å². The molecule has 24 heavy (non-hydrogen) atoms. The lowest BCUT2D eigenvalue weighted by atomic mass is 10.0. The van der Waals surface area contributed by atoms with Crippen LogP contribution in [0.5, 0.6) is 0 Å². The molecule has 1 aromatic carbocycles. The van der Waals surface area contributed by atoms with Crippen LogP contribution in [0.15, 0.2) is 30.3 Å². The Labute approximate surface area is 146 Å². The molecule has 1 N–H and O–H groups in total. The molecule has 0 radical (unpaired) electrons.